The number of nitrogens with zero attached hydrogens (tertiary/aromatic N) is 5. The summed E-state index contributed by atoms with van der Waals surface area (Å²) >= 11 is 0. The van der Waals surface area contributed by atoms with Crippen molar-refractivity contribution in [3.63, 3.8) is 0 Å². The van der Waals surface area contributed by atoms with Crippen LogP contribution in [0, 0.1) is 5.92 Å². The van der Waals surface area contributed by atoms with Crippen molar-refractivity contribution >= 4 is 0 Å². The number of tetrazole rings is 1. The van der Waals surface area contributed by atoms with Gasteiger partial charge in [-0.3, -0.25) is 9.13 Å². The molecule has 0 saturated heterocycles. The first-order valence-electron chi connectivity index (χ1n) is 12.1. The lowest BCUT2D eigenvalue weighted by Crippen LogP contribution is -2.36. The van der Waals surface area contributed by atoms with Gasteiger partial charge < -0.3 is 0 Å². The lowest BCUT2D eigenvalue weighted by atomic mass is 9.98. The Labute approximate surface area is 209 Å². The number of hydrogen-bond acceptors (Lipinski definition) is 4. The third kappa shape index (κ3) is 5.15. The van der Waals surface area contributed by atoms with Crippen molar-refractivity contribution in [3.05, 3.63) is 76.0 Å². The predicted molar refractivity (Wildman–Crippen MR) is 136 cm³/mol. The van der Waals surface area contributed by atoms with Gasteiger partial charge in [0.1, 0.15) is 5.69 Å². The molecule has 7 nitrogen and oxygen atoms in total. The molecule has 2 aromatic heterocycles. The van der Waals surface area contributed by atoms with Gasteiger partial charge in [0.05, 0.1) is 6.54 Å². The highest BCUT2D eigenvalue weighted by Gasteiger charge is 2.31. The van der Waals surface area contributed by atoms with Gasteiger partial charge in [-0.2, -0.15) is 0 Å². The van der Waals surface area contributed by atoms with E-state index < -0.39 is 17.7 Å². The molecular formula is C27H32F2N6O. The maximum atomic E-state index is 14.3. The second-order valence-electron chi connectivity index (χ2n) is 10.4. The Morgan fingerprint density at radius 2 is 1.67 bits per heavy atom. The third-order valence-corrected chi connectivity index (χ3v) is 6.25. The zero-order valence-corrected chi connectivity index (χ0v) is 21.3. The first kappa shape index (κ1) is 25.5. The van der Waals surface area contributed by atoms with E-state index in [9.17, 15) is 13.6 Å². The van der Waals surface area contributed by atoms with Crippen LogP contribution in [0.3, 0.4) is 0 Å². The van der Waals surface area contributed by atoms with Gasteiger partial charge in [-0.1, -0.05) is 62.4 Å². The van der Waals surface area contributed by atoms with Crippen molar-refractivity contribution in [2.24, 2.45) is 5.92 Å². The minimum atomic E-state index is -2.73. The van der Waals surface area contributed by atoms with Crippen molar-refractivity contribution in [1.29, 1.82) is 0 Å². The van der Waals surface area contributed by atoms with E-state index in [0.29, 0.717) is 23.9 Å². The Morgan fingerprint density at radius 3 is 2.22 bits per heavy atom. The number of aromatic amines is 1. The maximum Gasteiger partial charge on any atom is 0.329 e. The second kappa shape index (κ2) is 10.2. The average molecular weight is 495 g/mol. The number of benzene rings is 2. The Bertz CT molecular complexity index is 1360. The van der Waals surface area contributed by atoms with Gasteiger partial charge in [-0.15, -0.1) is 5.10 Å². The summed E-state index contributed by atoms with van der Waals surface area (Å²) in [6.45, 7) is 9.68. The van der Waals surface area contributed by atoms with E-state index in [-0.39, 0.29) is 12.2 Å². The summed E-state index contributed by atoms with van der Waals surface area (Å²) in [5.41, 5.74) is 2.73. The van der Waals surface area contributed by atoms with E-state index in [1.807, 2.05) is 48.5 Å². The average Bonchev–Trinajstić information content (AvgIpc) is 3.45. The Balaban J connectivity index is 1.73. The third-order valence-electron chi connectivity index (χ3n) is 6.25. The fourth-order valence-corrected chi connectivity index (χ4v) is 4.52. The van der Waals surface area contributed by atoms with Crippen LogP contribution in [0.25, 0.3) is 22.5 Å². The van der Waals surface area contributed by atoms with Crippen LogP contribution in [0.15, 0.2) is 53.3 Å². The molecule has 1 N–H and O–H groups in total. The summed E-state index contributed by atoms with van der Waals surface area (Å²) in [5, 5.41) is 14.1. The SMILES string of the molecule is CC(C)CCc1c(C(F)F)n(C(C)(C)C)c(=O)n1Cc1ccc(-c2ccccc2-c2nnn[nH]2)cc1. The number of halogens is 2. The molecule has 2 heterocycles. The van der Waals surface area contributed by atoms with Crippen molar-refractivity contribution in [2.75, 3.05) is 0 Å². The lowest BCUT2D eigenvalue weighted by molar-refractivity contribution is 0.131. The molecule has 0 spiro atoms. The number of hydrogen-bond donors (Lipinski definition) is 1. The number of H-pyrrole nitrogens is 1. The van der Waals surface area contributed by atoms with Crippen LogP contribution in [0.1, 0.15) is 64.4 Å². The molecule has 4 rings (SSSR count). The zero-order valence-electron chi connectivity index (χ0n) is 21.3. The molecule has 4 aromatic rings. The molecule has 0 aliphatic rings. The second-order valence-corrected chi connectivity index (χ2v) is 10.4. The van der Waals surface area contributed by atoms with Crippen LogP contribution in [-0.2, 0) is 18.5 Å². The minimum Gasteiger partial charge on any atom is -0.291 e. The molecule has 2 aromatic carbocycles. The highest BCUT2D eigenvalue weighted by molar-refractivity contribution is 5.80. The summed E-state index contributed by atoms with van der Waals surface area (Å²) in [6, 6.07) is 15.6. The maximum absolute atomic E-state index is 14.3. The van der Waals surface area contributed by atoms with E-state index >= 15 is 0 Å². The largest absolute Gasteiger partial charge is 0.329 e. The molecule has 0 bridgehead atoms. The molecular weight excluding hydrogens is 462 g/mol. The Hall–Kier alpha value is -3.62. The topological polar surface area (TPSA) is 81.4 Å². The fraction of sp³-hybridized carbons (Fsp3) is 0.407. The van der Waals surface area contributed by atoms with Gasteiger partial charge in [0.25, 0.3) is 6.43 Å². The molecule has 0 aliphatic carbocycles. The highest BCUT2D eigenvalue weighted by atomic mass is 19.3. The van der Waals surface area contributed by atoms with Crippen LogP contribution < -0.4 is 5.69 Å². The van der Waals surface area contributed by atoms with Gasteiger partial charge >= 0.3 is 5.69 Å². The minimum absolute atomic E-state index is 0.167. The van der Waals surface area contributed by atoms with E-state index in [1.165, 1.54) is 9.13 Å². The first-order chi connectivity index (χ1) is 17.1. The van der Waals surface area contributed by atoms with E-state index in [4.69, 9.17) is 0 Å². The molecule has 0 atom stereocenters. The monoisotopic (exact) mass is 494 g/mol. The molecule has 0 amide bonds. The van der Waals surface area contributed by atoms with Crippen LogP contribution >= 0.6 is 0 Å². The summed E-state index contributed by atoms with van der Waals surface area (Å²) in [5.74, 6) is 0.898. The van der Waals surface area contributed by atoms with Gasteiger partial charge in [-0.05, 0) is 66.6 Å². The summed E-state index contributed by atoms with van der Waals surface area (Å²) in [7, 11) is 0. The Morgan fingerprint density at radius 1 is 1.00 bits per heavy atom. The van der Waals surface area contributed by atoms with Crippen molar-refractivity contribution in [1.82, 2.24) is 29.8 Å². The van der Waals surface area contributed by atoms with E-state index in [1.54, 1.807) is 20.8 Å². The molecule has 0 aliphatic heterocycles. The van der Waals surface area contributed by atoms with Crippen LogP contribution in [0.2, 0.25) is 0 Å². The molecule has 36 heavy (non-hydrogen) atoms. The molecule has 0 radical (unpaired) electrons. The molecule has 9 heteroatoms. The first-order valence-corrected chi connectivity index (χ1v) is 12.1. The molecule has 190 valence electrons. The predicted octanol–water partition coefficient (Wildman–Crippen LogP) is 5.83. The highest BCUT2D eigenvalue weighted by Crippen LogP contribution is 2.31. The van der Waals surface area contributed by atoms with Gasteiger partial charge in [-0.25, -0.2) is 18.7 Å². The van der Waals surface area contributed by atoms with Crippen LogP contribution in [-0.4, -0.2) is 29.8 Å². The quantitative estimate of drug-likeness (QED) is 0.334. The normalized spacial score (nSPS) is 12.1. The number of aromatic nitrogens is 6. The van der Waals surface area contributed by atoms with Gasteiger partial charge in [0, 0.05) is 16.8 Å². The fourth-order valence-electron chi connectivity index (χ4n) is 4.52. The van der Waals surface area contributed by atoms with Crippen molar-refractivity contribution < 1.29 is 8.78 Å². The van der Waals surface area contributed by atoms with Crippen molar-refractivity contribution in [2.45, 2.75) is 66.0 Å². The zero-order chi connectivity index (χ0) is 26.0. The summed E-state index contributed by atoms with van der Waals surface area (Å²) < 4.78 is 31.4. The number of rotatable bonds is 8. The van der Waals surface area contributed by atoms with E-state index in [2.05, 4.69) is 34.5 Å². The Kier molecular flexibility index (Phi) is 7.19. The molecule has 0 fully saturated rings. The van der Waals surface area contributed by atoms with Crippen LogP contribution in [0.4, 0.5) is 8.78 Å². The van der Waals surface area contributed by atoms with E-state index in [0.717, 1.165) is 28.7 Å². The molecule has 0 unspecified atom stereocenters. The summed E-state index contributed by atoms with van der Waals surface area (Å²) in [4.78, 5) is 13.4. The standard InChI is InChI=1S/C27H32F2N6O/c1-17(2)10-15-22-23(24(28)29)35(27(3,4)5)26(36)34(22)16-18-11-13-19(14-12-18)20-8-6-7-9-21(20)25-30-32-33-31-25/h6-9,11-14,17,24H,10,15-16H2,1-5H3,(H,30,31,32,33). The number of imidazole rings is 1. The number of nitrogens with one attached hydrogen (secondary N) is 1. The smallest absolute Gasteiger partial charge is 0.291 e. The number of alkyl halides is 2. The van der Waals surface area contributed by atoms with Gasteiger partial charge in [0.2, 0.25) is 0 Å². The molecule has 0 saturated carbocycles. The summed E-state index contributed by atoms with van der Waals surface area (Å²) in [6.07, 6.45) is -1.59. The van der Waals surface area contributed by atoms with Gasteiger partial charge in [0.15, 0.2) is 5.82 Å². The van der Waals surface area contributed by atoms with Crippen LogP contribution in [0.5, 0.6) is 0 Å². The lowest BCUT2D eigenvalue weighted by Gasteiger charge is -2.22. The van der Waals surface area contributed by atoms with Crippen molar-refractivity contribution in [3.8, 4) is 22.5 Å².